The lowest BCUT2D eigenvalue weighted by Crippen LogP contribution is -2.52. The van der Waals surface area contributed by atoms with Crippen molar-refractivity contribution in [1.29, 1.82) is 0 Å². The van der Waals surface area contributed by atoms with Crippen LogP contribution in [0.5, 0.6) is 0 Å². The van der Waals surface area contributed by atoms with Gasteiger partial charge in [0, 0.05) is 31.2 Å². The first-order chi connectivity index (χ1) is 9.15. The molecule has 1 unspecified atom stereocenters. The summed E-state index contributed by atoms with van der Waals surface area (Å²) in [6.45, 7) is 3.61. The third-order valence-electron chi connectivity index (χ3n) is 4.04. The average Bonchev–Trinajstić information content (AvgIpc) is 2.88. The zero-order valence-corrected chi connectivity index (χ0v) is 12.2. The van der Waals surface area contributed by atoms with E-state index in [0.717, 1.165) is 26.2 Å². The highest BCUT2D eigenvalue weighted by atomic mass is 79.9. The van der Waals surface area contributed by atoms with Gasteiger partial charge in [-0.2, -0.15) is 0 Å². The van der Waals surface area contributed by atoms with Crippen LogP contribution >= 0.6 is 15.9 Å². The molecule has 2 fully saturated rings. The number of carbonyl (C=O) groups excluding carboxylic acids is 1. The Hall–Kier alpha value is -0.940. The second-order valence-corrected chi connectivity index (χ2v) is 6.07. The van der Waals surface area contributed by atoms with E-state index in [1.54, 1.807) is 12.1 Å². The van der Waals surface area contributed by atoms with Gasteiger partial charge in [-0.05, 0) is 53.5 Å². The van der Waals surface area contributed by atoms with Crippen molar-refractivity contribution in [3.8, 4) is 0 Å². The molecule has 3 rings (SSSR count). The highest BCUT2D eigenvalue weighted by molar-refractivity contribution is 9.10. The van der Waals surface area contributed by atoms with Crippen molar-refractivity contribution >= 4 is 21.8 Å². The molecule has 2 aliphatic heterocycles. The number of amides is 1. The van der Waals surface area contributed by atoms with Gasteiger partial charge in [0.05, 0.1) is 4.47 Å². The van der Waals surface area contributed by atoms with E-state index in [0.29, 0.717) is 16.1 Å². The van der Waals surface area contributed by atoms with Crippen LogP contribution in [0.25, 0.3) is 0 Å². The van der Waals surface area contributed by atoms with Gasteiger partial charge in [0.1, 0.15) is 5.82 Å². The van der Waals surface area contributed by atoms with Crippen LogP contribution in [0.15, 0.2) is 22.7 Å². The largest absolute Gasteiger partial charge is 0.336 e. The summed E-state index contributed by atoms with van der Waals surface area (Å²) in [6, 6.07) is 5.08. The summed E-state index contributed by atoms with van der Waals surface area (Å²) in [4.78, 5) is 16.7. The highest BCUT2D eigenvalue weighted by Crippen LogP contribution is 2.23. The fourth-order valence-electron chi connectivity index (χ4n) is 2.99. The van der Waals surface area contributed by atoms with E-state index in [-0.39, 0.29) is 11.7 Å². The zero-order chi connectivity index (χ0) is 13.4. The third kappa shape index (κ3) is 2.54. The minimum Gasteiger partial charge on any atom is -0.336 e. The van der Waals surface area contributed by atoms with E-state index in [9.17, 15) is 9.18 Å². The van der Waals surface area contributed by atoms with Gasteiger partial charge in [0.25, 0.3) is 5.91 Å². The van der Waals surface area contributed by atoms with Crippen LogP contribution in [0, 0.1) is 5.82 Å². The molecule has 19 heavy (non-hydrogen) atoms. The third-order valence-corrected chi connectivity index (χ3v) is 4.68. The van der Waals surface area contributed by atoms with Crippen molar-refractivity contribution in [2.24, 2.45) is 0 Å². The molecule has 3 nitrogen and oxygen atoms in total. The Kier molecular flexibility index (Phi) is 3.58. The molecule has 0 spiro atoms. The first kappa shape index (κ1) is 13.1. The summed E-state index contributed by atoms with van der Waals surface area (Å²) in [5.41, 5.74) is 0.437. The van der Waals surface area contributed by atoms with Gasteiger partial charge < -0.3 is 4.90 Å². The van der Waals surface area contributed by atoms with E-state index in [4.69, 9.17) is 0 Å². The van der Waals surface area contributed by atoms with Crippen molar-refractivity contribution < 1.29 is 9.18 Å². The molecule has 1 aromatic rings. The van der Waals surface area contributed by atoms with Crippen LogP contribution < -0.4 is 0 Å². The molecule has 0 radical (unpaired) electrons. The number of halogens is 2. The molecule has 1 aromatic carbocycles. The molecule has 1 amide bonds. The van der Waals surface area contributed by atoms with Gasteiger partial charge in [-0.1, -0.05) is 0 Å². The Balaban J connectivity index is 1.74. The predicted molar refractivity (Wildman–Crippen MR) is 74.6 cm³/mol. The number of hydrogen-bond acceptors (Lipinski definition) is 2. The van der Waals surface area contributed by atoms with E-state index in [2.05, 4.69) is 20.8 Å². The van der Waals surface area contributed by atoms with Gasteiger partial charge in [0.15, 0.2) is 0 Å². The summed E-state index contributed by atoms with van der Waals surface area (Å²) in [5, 5.41) is 0. The maximum absolute atomic E-state index is 13.5. The first-order valence-corrected chi connectivity index (χ1v) is 7.43. The van der Waals surface area contributed by atoms with E-state index in [1.165, 1.54) is 18.9 Å². The summed E-state index contributed by atoms with van der Waals surface area (Å²) in [5.74, 6) is -0.441. The number of nitrogens with zero attached hydrogens (tertiary/aromatic N) is 2. The van der Waals surface area contributed by atoms with Crippen LogP contribution in [0.1, 0.15) is 23.2 Å². The van der Waals surface area contributed by atoms with Crippen LogP contribution in [0.3, 0.4) is 0 Å². The van der Waals surface area contributed by atoms with E-state index < -0.39 is 0 Å². The van der Waals surface area contributed by atoms with Crippen LogP contribution in [-0.4, -0.2) is 47.9 Å². The van der Waals surface area contributed by atoms with Gasteiger partial charge in [-0.3, -0.25) is 9.69 Å². The number of benzene rings is 1. The first-order valence-electron chi connectivity index (χ1n) is 6.63. The van der Waals surface area contributed by atoms with Gasteiger partial charge in [-0.25, -0.2) is 4.39 Å². The maximum atomic E-state index is 13.5. The van der Waals surface area contributed by atoms with E-state index >= 15 is 0 Å². The molecule has 0 saturated carbocycles. The van der Waals surface area contributed by atoms with Crippen molar-refractivity contribution in [2.45, 2.75) is 18.9 Å². The molecule has 5 heteroatoms. The summed E-state index contributed by atoms with van der Waals surface area (Å²) in [6.07, 6.45) is 2.39. The monoisotopic (exact) mass is 326 g/mol. The smallest absolute Gasteiger partial charge is 0.254 e. The molecule has 0 N–H and O–H groups in total. The lowest BCUT2D eigenvalue weighted by atomic mass is 10.1. The Bertz CT molecular complexity index is 508. The van der Waals surface area contributed by atoms with Gasteiger partial charge in [0.2, 0.25) is 0 Å². The lowest BCUT2D eigenvalue weighted by Gasteiger charge is -2.37. The van der Waals surface area contributed by atoms with Crippen molar-refractivity contribution in [1.82, 2.24) is 9.80 Å². The Morgan fingerprint density at radius 2 is 2.16 bits per heavy atom. The van der Waals surface area contributed by atoms with Crippen LogP contribution in [-0.2, 0) is 0 Å². The second-order valence-electron chi connectivity index (χ2n) is 5.21. The molecule has 0 bridgehead atoms. The SMILES string of the molecule is O=C(c1ccc(Br)c(F)c1)N1CCN2CCCC2C1. The highest BCUT2D eigenvalue weighted by Gasteiger charge is 2.32. The normalized spacial score (nSPS) is 23.5. The molecule has 2 saturated heterocycles. The number of carbonyl (C=O) groups is 1. The van der Waals surface area contributed by atoms with Crippen molar-refractivity contribution in [3.05, 3.63) is 34.1 Å². The van der Waals surface area contributed by atoms with Gasteiger partial charge >= 0.3 is 0 Å². The minimum atomic E-state index is -0.384. The molecule has 2 aliphatic rings. The van der Waals surface area contributed by atoms with Crippen LogP contribution in [0.4, 0.5) is 4.39 Å². The second kappa shape index (κ2) is 5.21. The van der Waals surface area contributed by atoms with Gasteiger partial charge in [-0.15, -0.1) is 0 Å². The number of piperazine rings is 1. The Labute approximate surface area is 120 Å². The molecule has 0 aromatic heterocycles. The summed E-state index contributed by atoms with van der Waals surface area (Å²) in [7, 11) is 0. The molecular formula is C14H16BrFN2O. The lowest BCUT2D eigenvalue weighted by molar-refractivity contribution is 0.0571. The fraction of sp³-hybridized carbons (Fsp3) is 0.500. The minimum absolute atomic E-state index is 0.0575. The quantitative estimate of drug-likeness (QED) is 0.791. The summed E-state index contributed by atoms with van der Waals surface area (Å²) >= 11 is 3.10. The van der Waals surface area contributed by atoms with E-state index in [1.807, 2.05) is 4.90 Å². The zero-order valence-electron chi connectivity index (χ0n) is 10.6. The molecular weight excluding hydrogens is 311 g/mol. The molecule has 0 aliphatic carbocycles. The molecule has 1 atom stereocenters. The fourth-order valence-corrected chi connectivity index (χ4v) is 3.23. The van der Waals surface area contributed by atoms with Crippen molar-refractivity contribution in [2.75, 3.05) is 26.2 Å². The molecule has 102 valence electrons. The number of fused-ring (bicyclic) bond motifs is 1. The Morgan fingerprint density at radius 3 is 2.95 bits per heavy atom. The maximum Gasteiger partial charge on any atom is 0.254 e. The van der Waals surface area contributed by atoms with Crippen molar-refractivity contribution in [3.63, 3.8) is 0 Å². The van der Waals surface area contributed by atoms with Crippen LogP contribution in [0.2, 0.25) is 0 Å². The predicted octanol–water partition coefficient (Wildman–Crippen LogP) is 2.51. The standard InChI is InChI=1S/C14H16BrFN2O/c15-12-4-3-10(8-13(12)16)14(19)18-7-6-17-5-1-2-11(17)9-18/h3-4,8,11H,1-2,5-7,9H2. The molecule has 2 heterocycles. The number of hydrogen-bond donors (Lipinski definition) is 0. The topological polar surface area (TPSA) is 23.6 Å². The summed E-state index contributed by atoms with van der Waals surface area (Å²) < 4.78 is 13.9. The average molecular weight is 327 g/mol. The Morgan fingerprint density at radius 1 is 1.32 bits per heavy atom. The number of rotatable bonds is 1.